The maximum Gasteiger partial charge on any atom is 0.243 e. The minimum atomic E-state index is -3.87. The molecule has 0 N–H and O–H groups in total. The van der Waals surface area contributed by atoms with Gasteiger partial charge in [-0.2, -0.15) is 4.31 Å². The molecule has 33 heavy (non-hydrogen) atoms. The van der Waals surface area contributed by atoms with Crippen molar-refractivity contribution in [3.63, 3.8) is 0 Å². The molecular weight excluding hydrogens is 456 g/mol. The normalized spacial score (nSPS) is 12.5. The molecule has 0 bridgehead atoms. The number of sulfonamides is 1. The third kappa shape index (κ3) is 6.43. The molecule has 0 saturated heterocycles. The maximum absolute atomic E-state index is 13.5. The largest absolute Gasteiger partial charge is 0.497 e. The second-order valence-corrected chi connectivity index (χ2v) is 10.7. The summed E-state index contributed by atoms with van der Waals surface area (Å²) in [5.74, 6) is 0.342. The van der Waals surface area contributed by atoms with Gasteiger partial charge in [-0.15, -0.1) is 11.3 Å². The molecule has 0 saturated carbocycles. The third-order valence-electron chi connectivity index (χ3n) is 5.54. The zero-order valence-corrected chi connectivity index (χ0v) is 20.8. The minimum Gasteiger partial charge on any atom is -0.497 e. The van der Waals surface area contributed by atoms with Gasteiger partial charge in [0, 0.05) is 17.5 Å². The van der Waals surface area contributed by atoms with Gasteiger partial charge in [-0.1, -0.05) is 43.3 Å². The summed E-state index contributed by atoms with van der Waals surface area (Å²) in [6, 6.07) is 19.6. The van der Waals surface area contributed by atoms with Gasteiger partial charge in [-0.05, 0) is 54.6 Å². The number of ether oxygens (including phenoxy) is 1. The van der Waals surface area contributed by atoms with Crippen LogP contribution < -0.4 is 4.74 Å². The first kappa shape index (κ1) is 25.0. The number of hydrogen-bond donors (Lipinski definition) is 0. The zero-order valence-electron chi connectivity index (χ0n) is 19.2. The predicted octanol–water partition coefficient (Wildman–Crippen LogP) is 4.77. The van der Waals surface area contributed by atoms with Gasteiger partial charge in [0.05, 0.1) is 25.1 Å². The first-order valence-corrected chi connectivity index (χ1v) is 13.2. The van der Waals surface area contributed by atoms with E-state index in [4.69, 9.17) is 4.74 Å². The number of benzene rings is 2. The fourth-order valence-electron chi connectivity index (χ4n) is 3.42. The molecule has 1 heterocycles. The van der Waals surface area contributed by atoms with E-state index in [1.165, 1.54) is 23.5 Å². The van der Waals surface area contributed by atoms with Crippen LogP contribution in [-0.4, -0.2) is 43.2 Å². The monoisotopic (exact) mass is 486 g/mol. The number of carbonyl (C=O) groups excluding carboxylic acids is 1. The van der Waals surface area contributed by atoms with Crippen LogP contribution in [0.2, 0.25) is 0 Å². The van der Waals surface area contributed by atoms with Crippen LogP contribution >= 0.6 is 11.3 Å². The maximum atomic E-state index is 13.5. The Morgan fingerprint density at radius 2 is 1.70 bits per heavy atom. The van der Waals surface area contributed by atoms with Gasteiger partial charge in [0.25, 0.3) is 0 Å². The van der Waals surface area contributed by atoms with E-state index in [1.807, 2.05) is 61.7 Å². The van der Waals surface area contributed by atoms with E-state index in [-0.39, 0.29) is 23.4 Å². The van der Waals surface area contributed by atoms with Crippen molar-refractivity contribution in [3.05, 3.63) is 82.6 Å². The molecule has 0 aliphatic carbocycles. The molecule has 0 fully saturated rings. The molecule has 176 valence electrons. The van der Waals surface area contributed by atoms with Crippen LogP contribution in [0.5, 0.6) is 5.75 Å². The molecule has 1 aromatic heterocycles. The van der Waals surface area contributed by atoms with E-state index in [0.29, 0.717) is 25.3 Å². The minimum absolute atomic E-state index is 0.143. The highest BCUT2D eigenvalue weighted by Gasteiger charge is 2.32. The van der Waals surface area contributed by atoms with Gasteiger partial charge < -0.3 is 9.64 Å². The molecule has 1 amide bonds. The molecule has 3 rings (SSSR count). The Bertz CT molecular complexity index is 1110. The second kappa shape index (κ2) is 11.4. The smallest absolute Gasteiger partial charge is 0.243 e. The number of amides is 1. The van der Waals surface area contributed by atoms with Crippen molar-refractivity contribution in [2.45, 2.75) is 44.3 Å². The number of methoxy groups -OCH3 is 1. The standard InChI is InChI=1S/C25H30N2O4S2/c1-4-20(2)27(33(29,30)24-14-12-22(31-3)13-15-24)19-25(28)26(18-23-11-8-16-32-23)17-21-9-6-5-7-10-21/h5-16,20H,4,17-19H2,1-3H3/t20-/m1/s1. The molecule has 3 aromatic rings. The van der Waals surface area contributed by atoms with Gasteiger partial charge in [-0.3, -0.25) is 4.79 Å². The quantitative estimate of drug-likeness (QED) is 0.391. The van der Waals surface area contributed by atoms with Crippen LogP contribution in [0.3, 0.4) is 0 Å². The number of rotatable bonds is 11. The van der Waals surface area contributed by atoms with Crippen molar-refractivity contribution in [2.24, 2.45) is 0 Å². The fourth-order valence-corrected chi connectivity index (χ4v) is 5.80. The predicted molar refractivity (Wildman–Crippen MR) is 132 cm³/mol. The lowest BCUT2D eigenvalue weighted by Crippen LogP contribution is -2.46. The summed E-state index contributed by atoms with van der Waals surface area (Å²) in [6.45, 7) is 4.37. The Hall–Kier alpha value is -2.68. The highest BCUT2D eigenvalue weighted by molar-refractivity contribution is 7.89. The average molecular weight is 487 g/mol. The van der Waals surface area contributed by atoms with Crippen molar-refractivity contribution in [3.8, 4) is 5.75 Å². The number of hydrogen-bond acceptors (Lipinski definition) is 5. The van der Waals surface area contributed by atoms with Crippen LogP contribution in [0.15, 0.2) is 77.0 Å². The summed E-state index contributed by atoms with van der Waals surface area (Å²) in [6.07, 6.45) is 0.590. The first-order chi connectivity index (χ1) is 15.8. The van der Waals surface area contributed by atoms with Gasteiger partial charge in [-0.25, -0.2) is 8.42 Å². The summed E-state index contributed by atoms with van der Waals surface area (Å²) in [5.41, 5.74) is 0.996. The summed E-state index contributed by atoms with van der Waals surface area (Å²) < 4.78 is 33.4. The van der Waals surface area contributed by atoms with Gasteiger partial charge >= 0.3 is 0 Å². The van der Waals surface area contributed by atoms with Crippen molar-refractivity contribution >= 4 is 27.3 Å². The van der Waals surface area contributed by atoms with Crippen LogP contribution in [0.4, 0.5) is 0 Å². The Kier molecular flexibility index (Phi) is 8.66. The zero-order chi connectivity index (χ0) is 23.8. The van der Waals surface area contributed by atoms with Gasteiger partial charge in [0.15, 0.2) is 0 Å². The lowest BCUT2D eigenvalue weighted by Gasteiger charge is -2.30. The molecule has 0 spiro atoms. The van der Waals surface area contributed by atoms with Crippen LogP contribution in [0.25, 0.3) is 0 Å². The fraction of sp³-hybridized carbons (Fsp3) is 0.320. The highest BCUT2D eigenvalue weighted by atomic mass is 32.2. The number of nitrogens with zero attached hydrogens (tertiary/aromatic N) is 2. The van der Waals surface area contributed by atoms with Gasteiger partial charge in [0.2, 0.25) is 15.9 Å². The Labute approximate surface area is 200 Å². The molecule has 0 radical (unpaired) electrons. The lowest BCUT2D eigenvalue weighted by molar-refractivity contribution is -0.133. The summed E-state index contributed by atoms with van der Waals surface area (Å²) in [4.78, 5) is 16.4. The summed E-state index contributed by atoms with van der Waals surface area (Å²) >= 11 is 1.58. The molecule has 6 nitrogen and oxygen atoms in total. The SMILES string of the molecule is CC[C@@H](C)N(CC(=O)N(Cc1ccccc1)Cc1cccs1)S(=O)(=O)c1ccc(OC)cc1. The topological polar surface area (TPSA) is 66.9 Å². The number of thiophene rings is 1. The molecule has 0 aliphatic rings. The average Bonchev–Trinajstić information content (AvgIpc) is 3.35. The van der Waals surface area contributed by atoms with Crippen LogP contribution in [-0.2, 0) is 27.9 Å². The van der Waals surface area contributed by atoms with Gasteiger partial charge in [0.1, 0.15) is 5.75 Å². The van der Waals surface area contributed by atoms with E-state index in [2.05, 4.69) is 0 Å². The molecule has 2 aromatic carbocycles. The van der Waals surface area contributed by atoms with E-state index in [0.717, 1.165) is 10.4 Å². The molecule has 0 aliphatic heterocycles. The Morgan fingerprint density at radius 3 is 2.27 bits per heavy atom. The van der Waals surface area contributed by atoms with Crippen LogP contribution in [0, 0.1) is 0 Å². The highest BCUT2D eigenvalue weighted by Crippen LogP contribution is 2.23. The summed E-state index contributed by atoms with van der Waals surface area (Å²) in [7, 11) is -2.34. The molecule has 8 heteroatoms. The van der Waals surface area contributed by atoms with Crippen molar-refractivity contribution in [2.75, 3.05) is 13.7 Å². The molecule has 0 unspecified atom stereocenters. The second-order valence-electron chi connectivity index (χ2n) is 7.80. The van der Waals surface area contributed by atoms with Crippen molar-refractivity contribution in [1.29, 1.82) is 0 Å². The van der Waals surface area contributed by atoms with E-state index in [9.17, 15) is 13.2 Å². The Balaban J connectivity index is 1.87. The molecular formula is C25H30N2O4S2. The van der Waals surface area contributed by atoms with E-state index < -0.39 is 10.0 Å². The summed E-state index contributed by atoms with van der Waals surface area (Å²) in [5, 5.41) is 1.97. The lowest BCUT2D eigenvalue weighted by atomic mass is 10.2. The first-order valence-electron chi connectivity index (χ1n) is 10.8. The van der Waals surface area contributed by atoms with E-state index >= 15 is 0 Å². The van der Waals surface area contributed by atoms with E-state index in [1.54, 1.807) is 28.4 Å². The molecule has 1 atom stereocenters. The number of carbonyl (C=O) groups is 1. The van der Waals surface area contributed by atoms with Crippen LogP contribution in [0.1, 0.15) is 30.7 Å². The third-order valence-corrected chi connectivity index (χ3v) is 8.37. The Morgan fingerprint density at radius 1 is 1.00 bits per heavy atom. The van der Waals surface area contributed by atoms with Crippen molar-refractivity contribution < 1.29 is 17.9 Å². The van der Waals surface area contributed by atoms with Crippen molar-refractivity contribution in [1.82, 2.24) is 9.21 Å².